The van der Waals surface area contributed by atoms with Gasteiger partial charge in [-0.05, 0) is 89.2 Å². The first-order chi connectivity index (χ1) is 13.6. The van der Waals surface area contributed by atoms with Crippen molar-refractivity contribution in [3.05, 3.63) is 56.2 Å². The SMILES string of the molecule is Cc1cc(/C=C2/SC(=NC(C)C)N(C(C)C)C2=O)c(C)n1-c1cc(Cl)ccc1Cl. The van der Waals surface area contributed by atoms with Crippen LogP contribution in [0.1, 0.15) is 44.6 Å². The van der Waals surface area contributed by atoms with Crippen molar-refractivity contribution in [2.45, 2.75) is 53.6 Å². The summed E-state index contributed by atoms with van der Waals surface area (Å²) in [5.74, 6) is -0.00464. The van der Waals surface area contributed by atoms with E-state index in [2.05, 4.69) is 15.6 Å². The average Bonchev–Trinajstić information content (AvgIpc) is 3.06. The number of carbonyl (C=O) groups excluding carboxylic acids is 1. The molecule has 1 aliphatic heterocycles. The van der Waals surface area contributed by atoms with Crippen molar-refractivity contribution in [3.63, 3.8) is 0 Å². The van der Waals surface area contributed by atoms with E-state index < -0.39 is 0 Å². The first-order valence-electron chi connectivity index (χ1n) is 9.55. The van der Waals surface area contributed by atoms with Crippen LogP contribution in [0.25, 0.3) is 11.8 Å². The topological polar surface area (TPSA) is 37.6 Å². The number of thioether (sulfide) groups is 1. The Balaban J connectivity index is 2.06. The van der Waals surface area contributed by atoms with Crippen molar-refractivity contribution in [3.8, 4) is 5.69 Å². The maximum Gasteiger partial charge on any atom is 0.266 e. The quantitative estimate of drug-likeness (QED) is 0.500. The number of amidine groups is 1. The lowest BCUT2D eigenvalue weighted by atomic mass is 10.2. The molecule has 1 aromatic carbocycles. The normalized spacial score (nSPS) is 17.6. The summed E-state index contributed by atoms with van der Waals surface area (Å²) < 4.78 is 2.06. The Labute approximate surface area is 186 Å². The zero-order valence-electron chi connectivity index (χ0n) is 17.5. The third-order valence-corrected chi connectivity index (χ3v) is 6.18. The van der Waals surface area contributed by atoms with Gasteiger partial charge in [0.1, 0.15) is 0 Å². The number of carbonyl (C=O) groups is 1. The van der Waals surface area contributed by atoms with E-state index in [-0.39, 0.29) is 18.0 Å². The molecule has 1 saturated heterocycles. The Kier molecular flexibility index (Phi) is 6.51. The van der Waals surface area contributed by atoms with Gasteiger partial charge in [0.25, 0.3) is 5.91 Å². The highest BCUT2D eigenvalue weighted by atomic mass is 35.5. The molecule has 0 atom stereocenters. The Morgan fingerprint density at radius 2 is 1.79 bits per heavy atom. The molecule has 1 aromatic heterocycles. The molecule has 0 bridgehead atoms. The zero-order chi connectivity index (χ0) is 21.5. The summed E-state index contributed by atoms with van der Waals surface area (Å²) in [5, 5.41) is 2.01. The van der Waals surface area contributed by atoms with Gasteiger partial charge in [0.05, 0.1) is 15.6 Å². The lowest BCUT2D eigenvalue weighted by molar-refractivity contribution is -0.123. The minimum atomic E-state index is -0.00464. The number of benzene rings is 1. The molecule has 0 radical (unpaired) electrons. The average molecular weight is 450 g/mol. The van der Waals surface area contributed by atoms with Gasteiger partial charge in [-0.25, -0.2) is 0 Å². The minimum Gasteiger partial charge on any atom is -0.316 e. The van der Waals surface area contributed by atoms with Gasteiger partial charge in [-0.1, -0.05) is 23.2 Å². The second-order valence-corrected chi connectivity index (χ2v) is 9.50. The van der Waals surface area contributed by atoms with Crippen molar-refractivity contribution in [1.82, 2.24) is 9.47 Å². The van der Waals surface area contributed by atoms with Gasteiger partial charge in [-0.3, -0.25) is 14.7 Å². The monoisotopic (exact) mass is 449 g/mol. The van der Waals surface area contributed by atoms with Crippen LogP contribution >= 0.6 is 35.0 Å². The summed E-state index contributed by atoms with van der Waals surface area (Å²) >= 11 is 14.0. The van der Waals surface area contributed by atoms with E-state index in [4.69, 9.17) is 23.2 Å². The molecule has 0 unspecified atom stereocenters. The number of aromatic nitrogens is 1. The van der Waals surface area contributed by atoms with Crippen molar-refractivity contribution in [1.29, 1.82) is 0 Å². The van der Waals surface area contributed by atoms with Gasteiger partial charge in [0, 0.05) is 28.5 Å². The number of halogens is 2. The second kappa shape index (κ2) is 8.58. The minimum absolute atomic E-state index is 0.00464. The summed E-state index contributed by atoms with van der Waals surface area (Å²) in [4.78, 5) is 20.1. The van der Waals surface area contributed by atoms with Gasteiger partial charge < -0.3 is 4.57 Å². The van der Waals surface area contributed by atoms with Crippen LogP contribution in [0.15, 0.2) is 34.2 Å². The second-order valence-electron chi connectivity index (χ2n) is 7.64. The molecule has 1 amide bonds. The smallest absolute Gasteiger partial charge is 0.266 e. The molecule has 3 rings (SSSR count). The highest BCUT2D eigenvalue weighted by Gasteiger charge is 2.35. The zero-order valence-corrected chi connectivity index (χ0v) is 19.8. The van der Waals surface area contributed by atoms with Gasteiger partial charge in [-0.15, -0.1) is 0 Å². The third kappa shape index (κ3) is 4.42. The molecule has 2 heterocycles. The largest absolute Gasteiger partial charge is 0.316 e. The Bertz CT molecular complexity index is 1020. The fraction of sp³-hybridized carbons (Fsp3) is 0.364. The Morgan fingerprint density at radius 3 is 2.41 bits per heavy atom. The van der Waals surface area contributed by atoms with Gasteiger partial charge in [0.2, 0.25) is 0 Å². The highest BCUT2D eigenvalue weighted by Crippen LogP contribution is 2.36. The van der Waals surface area contributed by atoms with Crippen LogP contribution in [0, 0.1) is 13.8 Å². The fourth-order valence-electron chi connectivity index (χ4n) is 3.36. The predicted molar refractivity (Wildman–Crippen MR) is 125 cm³/mol. The molecule has 0 aliphatic carbocycles. The number of hydrogen-bond donors (Lipinski definition) is 0. The number of aryl methyl sites for hydroxylation is 1. The molecule has 29 heavy (non-hydrogen) atoms. The summed E-state index contributed by atoms with van der Waals surface area (Å²) in [7, 11) is 0. The van der Waals surface area contributed by atoms with Crippen LogP contribution in [0.4, 0.5) is 0 Å². The van der Waals surface area contributed by atoms with Crippen molar-refractivity contribution in [2.24, 2.45) is 4.99 Å². The Morgan fingerprint density at radius 1 is 1.10 bits per heavy atom. The van der Waals surface area contributed by atoms with E-state index in [1.54, 1.807) is 17.0 Å². The summed E-state index contributed by atoms with van der Waals surface area (Å²) in [6, 6.07) is 7.66. The van der Waals surface area contributed by atoms with E-state index in [9.17, 15) is 4.79 Å². The lowest BCUT2D eigenvalue weighted by Crippen LogP contribution is -2.35. The number of aliphatic imine (C=N–C) groups is 1. The number of amides is 1. The highest BCUT2D eigenvalue weighted by molar-refractivity contribution is 8.18. The first-order valence-corrected chi connectivity index (χ1v) is 11.1. The summed E-state index contributed by atoms with van der Waals surface area (Å²) in [5.41, 5.74) is 3.82. The molecular weight excluding hydrogens is 425 g/mol. The molecule has 154 valence electrons. The van der Waals surface area contributed by atoms with Crippen LogP contribution in [0.5, 0.6) is 0 Å². The third-order valence-electron chi connectivity index (χ3n) is 4.63. The van der Waals surface area contributed by atoms with Crippen molar-refractivity contribution < 1.29 is 4.79 Å². The predicted octanol–water partition coefficient (Wildman–Crippen LogP) is 6.49. The first kappa shape index (κ1) is 22.0. The molecule has 0 saturated carbocycles. The molecule has 1 fully saturated rings. The van der Waals surface area contributed by atoms with Crippen LogP contribution < -0.4 is 0 Å². The van der Waals surface area contributed by atoms with Crippen LogP contribution in [0.2, 0.25) is 10.0 Å². The standard InChI is InChI=1S/C22H25Cl2N3OS/c1-12(2)25-22-26(13(3)4)21(28)20(29-22)10-16-9-14(5)27(15(16)6)19-11-17(23)7-8-18(19)24/h7-13H,1-6H3/b20-10+,25-22?. The van der Waals surface area contributed by atoms with Crippen molar-refractivity contribution in [2.75, 3.05) is 0 Å². The molecule has 4 nitrogen and oxygen atoms in total. The van der Waals surface area contributed by atoms with Crippen LogP contribution in [0.3, 0.4) is 0 Å². The Hall–Kier alpha value is -1.69. The fourth-order valence-corrected chi connectivity index (χ4v) is 4.95. The molecule has 1 aliphatic rings. The van der Waals surface area contributed by atoms with Gasteiger partial charge >= 0.3 is 0 Å². The summed E-state index contributed by atoms with van der Waals surface area (Å²) in [6.07, 6.45) is 1.95. The summed E-state index contributed by atoms with van der Waals surface area (Å²) in [6.45, 7) is 12.1. The van der Waals surface area contributed by atoms with E-state index >= 15 is 0 Å². The van der Waals surface area contributed by atoms with Crippen molar-refractivity contribution >= 4 is 52.1 Å². The van der Waals surface area contributed by atoms with Crippen LogP contribution in [-0.2, 0) is 4.79 Å². The molecule has 2 aromatic rings. The molecule has 7 heteroatoms. The molecule has 0 spiro atoms. The number of hydrogen-bond acceptors (Lipinski definition) is 3. The molecular formula is C22H25Cl2N3OS. The molecule has 0 N–H and O–H groups in total. The van der Waals surface area contributed by atoms with E-state index in [0.717, 1.165) is 27.8 Å². The van der Waals surface area contributed by atoms with Gasteiger partial charge in [-0.2, -0.15) is 0 Å². The van der Waals surface area contributed by atoms with E-state index in [0.29, 0.717) is 15.0 Å². The lowest BCUT2D eigenvalue weighted by Gasteiger charge is -2.20. The maximum atomic E-state index is 13.0. The number of nitrogens with zero attached hydrogens (tertiary/aromatic N) is 3. The van der Waals surface area contributed by atoms with E-state index in [1.807, 2.05) is 53.7 Å². The van der Waals surface area contributed by atoms with E-state index in [1.165, 1.54) is 11.8 Å². The number of rotatable bonds is 4. The van der Waals surface area contributed by atoms with Crippen LogP contribution in [-0.4, -0.2) is 32.6 Å². The maximum absolute atomic E-state index is 13.0. The van der Waals surface area contributed by atoms with Gasteiger partial charge in [0.15, 0.2) is 5.17 Å².